The Bertz CT molecular complexity index is 530. The predicted molar refractivity (Wildman–Crippen MR) is 94.3 cm³/mol. The van der Waals surface area contributed by atoms with E-state index in [1.165, 1.54) is 0 Å². The molecule has 0 amide bonds. The van der Waals surface area contributed by atoms with E-state index in [2.05, 4.69) is 6.92 Å². The first-order valence-electron chi connectivity index (χ1n) is 6.94. The fraction of sp³-hybridized carbons (Fsp3) is 0.294. The fourth-order valence-electron chi connectivity index (χ4n) is 2.53. The molecule has 0 saturated carbocycles. The van der Waals surface area contributed by atoms with Crippen molar-refractivity contribution in [3.05, 3.63) is 67.6 Å². The van der Waals surface area contributed by atoms with Crippen molar-refractivity contribution in [1.82, 2.24) is 0 Å². The third kappa shape index (κ3) is 3.87. The van der Waals surface area contributed by atoms with Crippen molar-refractivity contribution in [3.63, 3.8) is 0 Å². The molecule has 0 N–H and O–H groups in total. The standard InChI is InChI=1S/C17H16Cl4/c1-2-3-6-11(16-12(18)7-4-8-13(16)19)17-14(20)9-5-10-15(17)21/h4-5,7-11H,2-3,6H2,1H3. The maximum absolute atomic E-state index is 6.39. The van der Waals surface area contributed by atoms with Gasteiger partial charge in [0.2, 0.25) is 0 Å². The minimum absolute atomic E-state index is 0.00681. The van der Waals surface area contributed by atoms with Crippen LogP contribution in [0.15, 0.2) is 36.4 Å². The van der Waals surface area contributed by atoms with Gasteiger partial charge in [-0.25, -0.2) is 0 Å². The number of hydrogen-bond acceptors (Lipinski definition) is 0. The highest BCUT2D eigenvalue weighted by Gasteiger charge is 2.23. The zero-order valence-electron chi connectivity index (χ0n) is 11.7. The Morgan fingerprint density at radius 1 is 0.762 bits per heavy atom. The highest BCUT2D eigenvalue weighted by Crippen LogP contribution is 2.43. The Labute approximate surface area is 146 Å². The van der Waals surface area contributed by atoms with E-state index < -0.39 is 0 Å². The van der Waals surface area contributed by atoms with Crippen LogP contribution >= 0.6 is 46.4 Å². The van der Waals surface area contributed by atoms with Crippen LogP contribution in [0.1, 0.15) is 43.2 Å². The van der Waals surface area contributed by atoms with E-state index in [1.54, 1.807) is 0 Å². The zero-order valence-corrected chi connectivity index (χ0v) is 14.7. The predicted octanol–water partition coefficient (Wildman–Crippen LogP) is 7.62. The molecule has 0 aliphatic carbocycles. The first-order chi connectivity index (χ1) is 10.1. The lowest BCUT2D eigenvalue weighted by molar-refractivity contribution is 0.651. The lowest BCUT2D eigenvalue weighted by Gasteiger charge is -2.22. The molecule has 0 nitrogen and oxygen atoms in total. The van der Waals surface area contributed by atoms with Crippen molar-refractivity contribution in [3.8, 4) is 0 Å². The maximum atomic E-state index is 6.39. The molecule has 0 atom stereocenters. The molecule has 0 spiro atoms. The first-order valence-corrected chi connectivity index (χ1v) is 8.45. The number of benzene rings is 2. The molecule has 2 rings (SSSR count). The monoisotopic (exact) mass is 360 g/mol. The van der Waals surface area contributed by atoms with Crippen LogP contribution in [0.2, 0.25) is 20.1 Å². The molecule has 112 valence electrons. The van der Waals surface area contributed by atoms with E-state index in [1.807, 2.05) is 36.4 Å². The van der Waals surface area contributed by atoms with Gasteiger partial charge < -0.3 is 0 Å². The summed E-state index contributed by atoms with van der Waals surface area (Å²) in [7, 11) is 0. The van der Waals surface area contributed by atoms with Crippen LogP contribution in [0.4, 0.5) is 0 Å². The van der Waals surface area contributed by atoms with E-state index in [4.69, 9.17) is 46.4 Å². The van der Waals surface area contributed by atoms with E-state index in [-0.39, 0.29) is 5.92 Å². The van der Waals surface area contributed by atoms with Gasteiger partial charge in [-0.3, -0.25) is 0 Å². The minimum atomic E-state index is 0.00681. The third-order valence-electron chi connectivity index (χ3n) is 3.54. The number of hydrogen-bond donors (Lipinski definition) is 0. The molecule has 0 fully saturated rings. The smallest absolute Gasteiger partial charge is 0.0459 e. The van der Waals surface area contributed by atoms with Crippen molar-refractivity contribution in [1.29, 1.82) is 0 Å². The van der Waals surface area contributed by atoms with Crippen molar-refractivity contribution < 1.29 is 0 Å². The average Bonchev–Trinajstić information content (AvgIpc) is 2.43. The van der Waals surface area contributed by atoms with Gasteiger partial charge in [-0.2, -0.15) is 0 Å². The second kappa shape index (κ2) is 7.74. The van der Waals surface area contributed by atoms with Crippen LogP contribution in [0, 0.1) is 0 Å². The third-order valence-corrected chi connectivity index (χ3v) is 4.86. The average molecular weight is 362 g/mol. The summed E-state index contributed by atoms with van der Waals surface area (Å²) in [5, 5.41) is 2.61. The van der Waals surface area contributed by atoms with Gasteiger partial charge in [-0.1, -0.05) is 78.3 Å². The summed E-state index contributed by atoms with van der Waals surface area (Å²) in [6, 6.07) is 11.1. The summed E-state index contributed by atoms with van der Waals surface area (Å²) in [6.45, 7) is 2.15. The van der Waals surface area contributed by atoms with Gasteiger partial charge in [-0.05, 0) is 41.8 Å². The Hall–Kier alpha value is -0.400. The largest absolute Gasteiger partial charge is 0.0840 e. The Morgan fingerprint density at radius 3 is 1.48 bits per heavy atom. The molecular formula is C17H16Cl4. The van der Waals surface area contributed by atoms with Gasteiger partial charge in [0.1, 0.15) is 0 Å². The van der Waals surface area contributed by atoms with E-state index in [0.717, 1.165) is 30.4 Å². The van der Waals surface area contributed by atoms with Gasteiger partial charge in [0.05, 0.1) is 0 Å². The molecule has 0 bridgehead atoms. The minimum Gasteiger partial charge on any atom is -0.0840 e. The van der Waals surface area contributed by atoms with Crippen LogP contribution in [0.25, 0.3) is 0 Å². The lowest BCUT2D eigenvalue weighted by Crippen LogP contribution is -2.05. The van der Waals surface area contributed by atoms with Crippen molar-refractivity contribution in [2.75, 3.05) is 0 Å². The molecule has 0 saturated heterocycles. The fourth-order valence-corrected chi connectivity index (χ4v) is 3.85. The first kappa shape index (κ1) is 17.0. The number of halogens is 4. The van der Waals surface area contributed by atoms with Crippen molar-refractivity contribution >= 4 is 46.4 Å². The summed E-state index contributed by atoms with van der Waals surface area (Å²) < 4.78 is 0. The van der Waals surface area contributed by atoms with Gasteiger partial charge in [0.25, 0.3) is 0 Å². The van der Waals surface area contributed by atoms with Crippen molar-refractivity contribution in [2.45, 2.75) is 32.1 Å². The van der Waals surface area contributed by atoms with Gasteiger partial charge >= 0.3 is 0 Å². The maximum Gasteiger partial charge on any atom is 0.0459 e. The molecule has 21 heavy (non-hydrogen) atoms. The molecule has 0 heterocycles. The van der Waals surface area contributed by atoms with E-state index in [0.29, 0.717) is 20.1 Å². The number of rotatable bonds is 5. The topological polar surface area (TPSA) is 0 Å². The van der Waals surface area contributed by atoms with E-state index in [9.17, 15) is 0 Å². The number of unbranched alkanes of at least 4 members (excludes halogenated alkanes) is 1. The summed E-state index contributed by atoms with van der Waals surface area (Å²) in [5.74, 6) is 0.00681. The second-order valence-electron chi connectivity index (χ2n) is 4.97. The van der Waals surface area contributed by atoms with Crippen molar-refractivity contribution in [2.24, 2.45) is 0 Å². The Kier molecular flexibility index (Phi) is 6.25. The summed E-state index contributed by atoms with van der Waals surface area (Å²) in [4.78, 5) is 0. The van der Waals surface area contributed by atoms with Crippen LogP contribution < -0.4 is 0 Å². The SMILES string of the molecule is CCCCC(c1c(Cl)cccc1Cl)c1c(Cl)cccc1Cl. The van der Waals surface area contributed by atoms with Crippen LogP contribution in [-0.4, -0.2) is 0 Å². The second-order valence-corrected chi connectivity index (χ2v) is 6.59. The lowest BCUT2D eigenvalue weighted by atomic mass is 9.87. The zero-order chi connectivity index (χ0) is 15.4. The van der Waals surface area contributed by atoms with E-state index >= 15 is 0 Å². The van der Waals surface area contributed by atoms with Crippen LogP contribution in [0.3, 0.4) is 0 Å². The van der Waals surface area contributed by atoms with Crippen LogP contribution in [0.5, 0.6) is 0 Å². The summed E-state index contributed by atoms with van der Waals surface area (Å²) in [6.07, 6.45) is 3.04. The Morgan fingerprint density at radius 2 is 1.14 bits per heavy atom. The highest BCUT2D eigenvalue weighted by atomic mass is 35.5. The molecule has 0 aliphatic heterocycles. The molecule has 0 radical (unpaired) electrons. The Balaban J connectivity index is 2.59. The van der Waals surface area contributed by atoms with Gasteiger partial charge in [-0.15, -0.1) is 0 Å². The normalized spacial score (nSPS) is 11.1. The molecule has 2 aromatic carbocycles. The van der Waals surface area contributed by atoms with Gasteiger partial charge in [0, 0.05) is 26.0 Å². The highest BCUT2D eigenvalue weighted by molar-refractivity contribution is 6.37. The molecule has 0 aromatic heterocycles. The molecular weight excluding hydrogens is 346 g/mol. The molecule has 0 aliphatic rings. The molecule has 4 heteroatoms. The summed E-state index contributed by atoms with van der Waals surface area (Å²) in [5.41, 5.74) is 1.81. The summed E-state index contributed by atoms with van der Waals surface area (Å²) >= 11 is 25.5. The molecule has 2 aromatic rings. The quantitative estimate of drug-likeness (QED) is 0.513. The van der Waals surface area contributed by atoms with Gasteiger partial charge in [0.15, 0.2) is 0 Å². The van der Waals surface area contributed by atoms with Crippen LogP contribution in [-0.2, 0) is 0 Å². The molecule has 0 unspecified atom stereocenters.